The average molecular weight is 435 g/mol. The van der Waals surface area contributed by atoms with Crippen LogP contribution < -0.4 is 5.56 Å². The predicted octanol–water partition coefficient (Wildman–Crippen LogP) is 4.68. The lowest BCUT2D eigenvalue weighted by molar-refractivity contribution is -0.134. The molecule has 29 heavy (non-hydrogen) atoms. The van der Waals surface area contributed by atoms with Crippen LogP contribution in [0.15, 0.2) is 41.3 Å². The zero-order chi connectivity index (χ0) is 21.1. The first-order valence-corrected chi connectivity index (χ1v) is 10.5. The molecule has 0 aliphatic heterocycles. The Bertz CT molecular complexity index is 980. The number of ketones is 1. The van der Waals surface area contributed by atoms with Crippen molar-refractivity contribution in [2.24, 2.45) is 0 Å². The van der Waals surface area contributed by atoms with Gasteiger partial charge in [0.2, 0.25) is 0 Å². The maximum atomic E-state index is 13.5. The summed E-state index contributed by atoms with van der Waals surface area (Å²) in [5.74, 6) is -0.958. The molecular weight excluding hydrogens is 411 g/mol. The minimum Gasteiger partial charge on any atom is -0.341 e. The quantitative estimate of drug-likeness (QED) is 0.506. The molecule has 0 saturated heterocycles. The van der Waals surface area contributed by atoms with Crippen molar-refractivity contribution in [2.75, 3.05) is 7.05 Å². The Balaban J connectivity index is 2.06. The number of hydrogen-bond acceptors (Lipinski definition) is 3. The van der Waals surface area contributed by atoms with E-state index in [0.717, 1.165) is 37.7 Å². The number of amides is 1. The van der Waals surface area contributed by atoms with Crippen molar-refractivity contribution in [1.82, 2.24) is 9.47 Å². The fourth-order valence-electron chi connectivity index (χ4n) is 3.83. The molecule has 1 aliphatic rings. The van der Waals surface area contributed by atoms with E-state index in [2.05, 4.69) is 0 Å². The van der Waals surface area contributed by atoms with Crippen LogP contribution in [0.2, 0.25) is 10.0 Å². The molecule has 1 fully saturated rings. The number of halogens is 2. The Morgan fingerprint density at radius 2 is 1.79 bits per heavy atom. The van der Waals surface area contributed by atoms with Crippen LogP contribution in [0.5, 0.6) is 0 Å². The van der Waals surface area contributed by atoms with E-state index in [1.807, 2.05) is 0 Å². The van der Waals surface area contributed by atoms with E-state index in [1.165, 1.54) is 29.0 Å². The monoisotopic (exact) mass is 434 g/mol. The van der Waals surface area contributed by atoms with Gasteiger partial charge in [-0.2, -0.15) is 0 Å². The Morgan fingerprint density at radius 3 is 2.45 bits per heavy atom. The molecule has 0 N–H and O–H groups in total. The van der Waals surface area contributed by atoms with Crippen molar-refractivity contribution in [3.63, 3.8) is 0 Å². The van der Waals surface area contributed by atoms with E-state index >= 15 is 0 Å². The molecule has 1 amide bonds. The maximum Gasteiger partial charge on any atom is 0.253 e. The highest BCUT2D eigenvalue weighted by Gasteiger charge is 2.36. The Hall–Kier alpha value is -2.11. The summed E-state index contributed by atoms with van der Waals surface area (Å²) in [7, 11) is 1.71. The topological polar surface area (TPSA) is 59.4 Å². The number of benzene rings is 1. The number of hydrogen-bond donors (Lipinski definition) is 0. The fraction of sp³-hybridized carbons (Fsp3) is 0.409. The molecule has 2 aromatic rings. The summed E-state index contributed by atoms with van der Waals surface area (Å²) in [6.45, 7) is 1.78. The van der Waals surface area contributed by atoms with Crippen molar-refractivity contribution < 1.29 is 9.59 Å². The molecule has 1 saturated carbocycles. The molecule has 1 aliphatic carbocycles. The average Bonchev–Trinajstić information content (AvgIpc) is 2.71. The second-order valence-electron chi connectivity index (χ2n) is 7.58. The van der Waals surface area contributed by atoms with Gasteiger partial charge in [-0.25, -0.2) is 0 Å². The Labute approximate surface area is 180 Å². The molecule has 5 nitrogen and oxygen atoms in total. The number of aryl methyl sites for hydroxylation is 1. The van der Waals surface area contributed by atoms with Crippen LogP contribution in [0, 0.1) is 6.92 Å². The summed E-state index contributed by atoms with van der Waals surface area (Å²) in [4.78, 5) is 41.2. The molecule has 1 unspecified atom stereocenters. The standard InChI is InChI=1S/C22H24Cl2N2O3/c1-14-10-11-26(19(27)12-14)20(21(28)17-13-15(23)8-9-18(17)24)22(29)25(2)16-6-4-3-5-7-16/h8-13,16,20H,3-7H2,1-2H3. The first-order chi connectivity index (χ1) is 13.8. The number of likely N-dealkylation sites (N-methyl/N-ethyl adjacent to an activating group) is 1. The second-order valence-corrected chi connectivity index (χ2v) is 8.43. The Morgan fingerprint density at radius 1 is 1.10 bits per heavy atom. The van der Waals surface area contributed by atoms with Crippen LogP contribution in [0.4, 0.5) is 0 Å². The molecule has 0 radical (unpaired) electrons. The highest BCUT2D eigenvalue weighted by molar-refractivity contribution is 6.36. The molecule has 1 atom stereocenters. The van der Waals surface area contributed by atoms with E-state index in [9.17, 15) is 14.4 Å². The highest BCUT2D eigenvalue weighted by Crippen LogP contribution is 2.28. The summed E-state index contributed by atoms with van der Waals surface area (Å²) < 4.78 is 1.19. The number of aromatic nitrogens is 1. The number of nitrogens with zero attached hydrogens (tertiary/aromatic N) is 2. The SMILES string of the molecule is Cc1ccn(C(C(=O)c2cc(Cl)ccc2Cl)C(=O)N(C)C2CCCCC2)c(=O)c1. The van der Waals surface area contributed by atoms with Crippen molar-refractivity contribution >= 4 is 34.9 Å². The van der Waals surface area contributed by atoms with Gasteiger partial charge in [0.05, 0.1) is 5.02 Å². The van der Waals surface area contributed by atoms with E-state index in [0.29, 0.717) is 5.02 Å². The summed E-state index contributed by atoms with van der Waals surface area (Å²) >= 11 is 12.3. The highest BCUT2D eigenvalue weighted by atomic mass is 35.5. The molecule has 1 aromatic heterocycles. The largest absolute Gasteiger partial charge is 0.341 e. The van der Waals surface area contributed by atoms with Crippen LogP contribution in [0.3, 0.4) is 0 Å². The lowest BCUT2D eigenvalue weighted by Gasteiger charge is -2.33. The number of Topliss-reactive ketones (excluding diaryl/α,β-unsaturated/α-hetero) is 1. The summed E-state index contributed by atoms with van der Waals surface area (Å²) in [6.07, 6.45) is 6.52. The number of pyridine rings is 1. The third-order valence-corrected chi connectivity index (χ3v) is 6.09. The number of carbonyl (C=O) groups excluding carboxylic acids is 2. The van der Waals surface area contributed by atoms with Gasteiger partial charge >= 0.3 is 0 Å². The molecular formula is C22H24Cl2N2O3. The van der Waals surface area contributed by atoms with Gasteiger partial charge < -0.3 is 4.90 Å². The molecule has 1 heterocycles. The minimum absolute atomic E-state index is 0.0579. The molecule has 3 rings (SSSR count). The van der Waals surface area contributed by atoms with Gasteiger partial charge in [-0.05, 0) is 49.6 Å². The van der Waals surface area contributed by atoms with Gasteiger partial charge in [0.15, 0.2) is 11.8 Å². The number of carbonyl (C=O) groups is 2. The maximum absolute atomic E-state index is 13.5. The van der Waals surface area contributed by atoms with Crippen LogP contribution in [-0.2, 0) is 4.79 Å². The smallest absolute Gasteiger partial charge is 0.253 e. The molecule has 154 valence electrons. The zero-order valence-corrected chi connectivity index (χ0v) is 18.0. The Kier molecular flexibility index (Phi) is 6.81. The van der Waals surface area contributed by atoms with Crippen molar-refractivity contribution in [3.05, 3.63) is 68.1 Å². The second kappa shape index (κ2) is 9.14. The summed E-state index contributed by atoms with van der Waals surface area (Å²) in [5.41, 5.74) is 0.472. The van der Waals surface area contributed by atoms with Crippen molar-refractivity contribution in [3.8, 4) is 0 Å². The predicted molar refractivity (Wildman–Crippen MR) is 115 cm³/mol. The van der Waals surface area contributed by atoms with E-state index in [4.69, 9.17) is 23.2 Å². The third-order valence-electron chi connectivity index (χ3n) is 5.53. The van der Waals surface area contributed by atoms with Gasteiger partial charge in [-0.3, -0.25) is 19.0 Å². The van der Waals surface area contributed by atoms with E-state index in [1.54, 1.807) is 31.0 Å². The van der Waals surface area contributed by atoms with Crippen LogP contribution in [0.25, 0.3) is 0 Å². The first kappa shape index (κ1) is 21.6. The summed E-state index contributed by atoms with van der Waals surface area (Å²) in [6, 6.07) is 6.37. The van der Waals surface area contributed by atoms with Crippen molar-refractivity contribution in [1.29, 1.82) is 0 Å². The van der Waals surface area contributed by atoms with Gasteiger partial charge in [0.25, 0.3) is 11.5 Å². The van der Waals surface area contributed by atoms with Crippen LogP contribution in [0.1, 0.15) is 54.1 Å². The number of rotatable bonds is 5. The lowest BCUT2D eigenvalue weighted by atomic mass is 9.93. The molecule has 0 bridgehead atoms. The third kappa shape index (κ3) is 4.73. The fourth-order valence-corrected chi connectivity index (χ4v) is 4.22. The van der Waals surface area contributed by atoms with E-state index in [-0.39, 0.29) is 16.6 Å². The first-order valence-electron chi connectivity index (χ1n) is 9.74. The van der Waals surface area contributed by atoms with Gasteiger partial charge in [-0.1, -0.05) is 42.5 Å². The molecule has 0 spiro atoms. The normalized spacial score (nSPS) is 15.7. The minimum atomic E-state index is -1.33. The van der Waals surface area contributed by atoms with Gasteiger partial charge in [-0.15, -0.1) is 0 Å². The lowest BCUT2D eigenvalue weighted by Crippen LogP contribution is -2.46. The van der Waals surface area contributed by atoms with Gasteiger partial charge in [0, 0.05) is 35.9 Å². The molecule has 7 heteroatoms. The van der Waals surface area contributed by atoms with Crippen LogP contribution >= 0.6 is 23.2 Å². The molecule has 1 aromatic carbocycles. The van der Waals surface area contributed by atoms with E-state index < -0.39 is 23.3 Å². The van der Waals surface area contributed by atoms with Crippen molar-refractivity contribution in [2.45, 2.75) is 51.1 Å². The van der Waals surface area contributed by atoms with Crippen LogP contribution in [-0.4, -0.2) is 34.2 Å². The zero-order valence-electron chi connectivity index (χ0n) is 16.5. The summed E-state index contributed by atoms with van der Waals surface area (Å²) in [5, 5.41) is 0.526. The van der Waals surface area contributed by atoms with Gasteiger partial charge in [0.1, 0.15) is 0 Å².